The van der Waals surface area contributed by atoms with Crippen LogP contribution in [0.1, 0.15) is 53.8 Å². The molecule has 190 valence electrons. The van der Waals surface area contributed by atoms with Gasteiger partial charge in [-0.3, -0.25) is 9.59 Å². The van der Waals surface area contributed by atoms with Crippen LogP contribution in [-0.2, 0) is 17.9 Å². The summed E-state index contributed by atoms with van der Waals surface area (Å²) in [6.07, 6.45) is 6.65. The Balaban J connectivity index is 1.59. The Morgan fingerprint density at radius 1 is 0.889 bits per heavy atom. The van der Waals surface area contributed by atoms with Crippen LogP contribution in [0.4, 0.5) is 0 Å². The molecule has 0 bridgehead atoms. The third-order valence-corrected chi connectivity index (χ3v) is 6.71. The molecule has 0 N–H and O–H groups in total. The highest BCUT2D eigenvalue weighted by molar-refractivity contribution is 5.97. The van der Waals surface area contributed by atoms with Crippen molar-refractivity contribution >= 4 is 11.8 Å². The van der Waals surface area contributed by atoms with Crippen LogP contribution in [0, 0.1) is 0 Å². The molecule has 3 aromatic rings. The van der Waals surface area contributed by atoms with E-state index in [-0.39, 0.29) is 24.4 Å². The van der Waals surface area contributed by atoms with Gasteiger partial charge in [0, 0.05) is 18.2 Å². The van der Waals surface area contributed by atoms with Gasteiger partial charge in [-0.1, -0.05) is 49.6 Å². The van der Waals surface area contributed by atoms with Crippen molar-refractivity contribution in [2.45, 2.75) is 51.2 Å². The SMILES string of the molecule is COc1ccc(C(=O)N(CC(=O)N(Cc2ccccc2)Cc2ccco2)C2CCCCC2)cc1OC. The molecule has 0 unspecified atom stereocenters. The number of methoxy groups -OCH3 is 2. The van der Waals surface area contributed by atoms with Crippen molar-refractivity contribution in [2.75, 3.05) is 20.8 Å². The van der Waals surface area contributed by atoms with E-state index < -0.39 is 0 Å². The number of nitrogens with zero attached hydrogens (tertiary/aromatic N) is 2. The lowest BCUT2D eigenvalue weighted by Gasteiger charge is -2.35. The van der Waals surface area contributed by atoms with Gasteiger partial charge in [-0.25, -0.2) is 0 Å². The standard InChI is InChI=1S/C29H34N2O5/c1-34-26-16-15-23(18-27(26)35-2)29(33)31(24-12-7-4-8-13-24)21-28(32)30(20-25-14-9-17-36-25)19-22-10-5-3-6-11-22/h3,5-6,9-11,14-18,24H,4,7-8,12-13,19-21H2,1-2H3. The lowest BCUT2D eigenvalue weighted by molar-refractivity contribution is -0.134. The highest BCUT2D eigenvalue weighted by Gasteiger charge is 2.30. The van der Waals surface area contributed by atoms with Crippen LogP contribution < -0.4 is 9.47 Å². The average molecular weight is 491 g/mol. The van der Waals surface area contributed by atoms with Gasteiger partial charge >= 0.3 is 0 Å². The molecule has 2 amide bonds. The Hall–Kier alpha value is -3.74. The molecule has 7 nitrogen and oxygen atoms in total. The minimum Gasteiger partial charge on any atom is -0.493 e. The van der Waals surface area contributed by atoms with E-state index in [1.807, 2.05) is 42.5 Å². The fourth-order valence-corrected chi connectivity index (χ4v) is 4.77. The molecule has 1 aromatic heterocycles. The smallest absolute Gasteiger partial charge is 0.254 e. The fraction of sp³-hybridized carbons (Fsp3) is 0.379. The van der Waals surface area contributed by atoms with Gasteiger partial charge < -0.3 is 23.7 Å². The summed E-state index contributed by atoms with van der Waals surface area (Å²) < 4.78 is 16.3. The average Bonchev–Trinajstić information content (AvgIpc) is 3.44. The van der Waals surface area contributed by atoms with Gasteiger partial charge in [0.1, 0.15) is 12.3 Å². The second kappa shape index (κ2) is 12.3. The van der Waals surface area contributed by atoms with Crippen LogP contribution in [0.15, 0.2) is 71.3 Å². The van der Waals surface area contributed by atoms with Crippen molar-refractivity contribution < 1.29 is 23.5 Å². The number of amides is 2. The molecule has 0 atom stereocenters. The van der Waals surface area contributed by atoms with Crippen molar-refractivity contribution in [1.82, 2.24) is 9.80 Å². The van der Waals surface area contributed by atoms with Gasteiger partial charge in [0.15, 0.2) is 11.5 Å². The molecule has 1 aliphatic rings. The van der Waals surface area contributed by atoms with Crippen LogP contribution >= 0.6 is 0 Å². The maximum absolute atomic E-state index is 13.8. The van der Waals surface area contributed by atoms with E-state index in [1.54, 1.807) is 48.5 Å². The zero-order valence-electron chi connectivity index (χ0n) is 21.0. The first kappa shape index (κ1) is 25.4. The number of carbonyl (C=O) groups excluding carboxylic acids is 2. The van der Waals surface area contributed by atoms with E-state index in [2.05, 4.69) is 0 Å². The molecule has 36 heavy (non-hydrogen) atoms. The second-order valence-corrected chi connectivity index (χ2v) is 9.11. The van der Waals surface area contributed by atoms with Crippen LogP contribution in [0.2, 0.25) is 0 Å². The Morgan fingerprint density at radius 2 is 1.64 bits per heavy atom. The Kier molecular flexibility index (Phi) is 8.66. The molecule has 1 saturated carbocycles. The van der Waals surface area contributed by atoms with Crippen LogP contribution in [0.25, 0.3) is 0 Å². The second-order valence-electron chi connectivity index (χ2n) is 9.11. The number of ether oxygens (including phenoxy) is 2. The maximum atomic E-state index is 13.8. The third kappa shape index (κ3) is 6.27. The van der Waals surface area contributed by atoms with Gasteiger partial charge in [0.05, 0.1) is 27.0 Å². The predicted molar refractivity (Wildman–Crippen MR) is 137 cm³/mol. The Labute approximate surface area is 212 Å². The summed E-state index contributed by atoms with van der Waals surface area (Å²) in [5.74, 6) is 1.46. The quantitative estimate of drug-likeness (QED) is 0.386. The first-order valence-corrected chi connectivity index (χ1v) is 12.5. The molecular formula is C29H34N2O5. The van der Waals surface area contributed by atoms with Crippen LogP contribution in [-0.4, -0.2) is 48.4 Å². The predicted octanol–water partition coefficient (Wildman–Crippen LogP) is 5.30. The van der Waals surface area contributed by atoms with Crippen LogP contribution in [0.5, 0.6) is 11.5 Å². The molecule has 0 spiro atoms. The third-order valence-electron chi connectivity index (χ3n) is 6.71. The normalized spacial score (nSPS) is 13.7. The number of benzene rings is 2. The molecule has 0 aliphatic heterocycles. The van der Waals surface area contributed by atoms with Gasteiger partial charge in [-0.2, -0.15) is 0 Å². The van der Waals surface area contributed by atoms with E-state index in [0.717, 1.165) is 37.7 Å². The van der Waals surface area contributed by atoms with E-state index in [1.165, 1.54) is 0 Å². The number of hydrogen-bond acceptors (Lipinski definition) is 5. The van der Waals surface area contributed by atoms with E-state index in [9.17, 15) is 9.59 Å². The minimum atomic E-state index is -0.172. The summed E-state index contributed by atoms with van der Waals surface area (Å²) in [5, 5.41) is 0. The first-order valence-electron chi connectivity index (χ1n) is 12.5. The van der Waals surface area contributed by atoms with E-state index >= 15 is 0 Å². The number of hydrogen-bond donors (Lipinski definition) is 0. The molecule has 1 heterocycles. The molecule has 7 heteroatoms. The van der Waals surface area contributed by atoms with E-state index in [0.29, 0.717) is 35.9 Å². The van der Waals surface area contributed by atoms with Crippen LogP contribution in [0.3, 0.4) is 0 Å². The molecule has 1 aliphatic carbocycles. The van der Waals surface area contributed by atoms with Gasteiger partial charge in [0.2, 0.25) is 5.91 Å². The highest BCUT2D eigenvalue weighted by Crippen LogP contribution is 2.30. The van der Waals surface area contributed by atoms with Crippen molar-refractivity contribution in [3.8, 4) is 11.5 Å². The van der Waals surface area contributed by atoms with Gasteiger partial charge in [0.25, 0.3) is 5.91 Å². The summed E-state index contributed by atoms with van der Waals surface area (Å²) in [6.45, 7) is 0.776. The Morgan fingerprint density at radius 3 is 2.31 bits per heavy atom. The lowest BCUT2D eigenvalue weighted by Crippen LogP contribution is -2.48. The molecule has 0 radical (unpaired) electrons. The minimum absolute atomic E-state index is 0.00534. The lowest BCUT2D eigenvalue weighted by atomic mass is 9.93. The number of furan rings is 1. The topological polar surface area (TPSA) is 72.2 Å². The fourth-order valence-electron chi connectivity index (χ4n) is 4.77. The molecule has 2 aromatic carbocycles. The van der Waals surface area contributed by atoms with Crippen molar-refractivity contribution in [1.29, 1.82) is 0 Å². The maximum Gasteiger partial charge on any atom is 0.254 e. The summed E-state index contributed by atoms with van der Waals surface area (Å²) in [5.41, 5.74) is 1.50. The zero-order chi connectivity index (χ0) is 25.3. The first-order chi connectivity index (χ1) is 17.6. The Bertz CT molecular complexity index is 1120. The molecule has 0 saturated heterocycles. The van der Waals surface area contributed by atoms with Gasteiger partial charge in [-0.15, -0.1) is 0 Å². The summed E-state index contributed by atoms with van der Waals surface area (Å²) in [6, 6.07) is 18.7. The molecule has 4 rings (SSSR count). The van der Waals surface area contributed by atoms with Crippen molar-refractivity contribution in [3.63, 3.8) is 0 Å². The monoisotopic (exact) mass is 490 g/mol. The summed E-state index contributed by atoms with van der Waals surface area (Å²) >= 11 is 0. The highest BCUT2D eigenvalue weighted by atomic mass is 16.5. The van der Waals surface area contributed by atoms with E-state index in [4.69, 9.17) is 13.9 Å². The summed E-state index contributed by atoms with van der Waals surface area (Å²) in [7, 11) is 3.11. The molecule has 1 fully saturated rings. The molecular weight excluding hydrogens is 456 g/mol. The number of rotatable bonds is 10. The van der Waals surface area contributed by atoms with Gasteiger partial charge in [-0.05, 0) is 48.7 Å². The van der Waals surface area contributed by atoms with Crippen molar-refractivity contribution in [3.05, 3.63) is 83.8 Å². The summed E-state index contributed by atoms with van der Waals surface area (Å²) in [4.78, 5) is 31.0. The number of carbonyl (C=O) groups is 2. The zero-order valence-corrected chi connectivity index (χ0v) is 21.0. The largest absolute Gasteiger partial charge is 0.493 e. The van der Waals surface area contributed by atoms with Crippen molar-refractivity contribution in [2.24, 2.45) is 0 Å².